The van der Waals surface area contributed by atoms with Crippen LogP contribution in [-0.2, 0) is 24.3 Å². The summed E-state index contributed by atoms with van der Waals surface area (Å²) in [6.45, 7) is 6.62. The summed E-state index contributed by atoms with van der Waals surface area (Å²) in [7, 11) is 0. The fourth-order valence-electron chi connectivity index (χ4n) is 4.40. The number of hydrogen-bond donors (Lipinski definition) is 0. The number of hydrogen-bond acceptors (Lipinski definition) is 4. The summed E-state index contributed by atoms with van der Waals surface area (Å²) in [6.07, 6.45) is 2.33. The molecule has 0 radical (unpaired) electrons. The lowest BCUT2D eigenvalue weighted by Crippen LogP contribution is -2.39. The Morgan fingerprint density at radius 2 is 1.88 bits per heavy atom. The smallest absolute Gasteiger partial charge is 0.337 e. The Kier molecular flexibility index (Phi) is 5.75. The standard InChI is InChI=1S/C26H22ClN3O3S/c1-3-17-8-10-18(11-9-17)14-29-25-23(19-12-13-28(16(2)31)15-22(19)34-25)24(32)30(26(29)33)21-7-5-4-6-20(21)27/h3-11H,1,12-15H2,2H3. The predicted octanol–water partition coefficient (Wildman–Crippen LogP) is 4.46. The molecule has 1 aliphatic heterocycles. The van der Waals surface area contributed by atoms with Crippen molar-refractivity contribution < 1.29 is 4.79 Å². The largest absolute Gasteiger partial charge is 0.337 e. The number of amides is 1. The topological polar surface area (TPSA) is 64.3 Å². The lowest BCUT2D eigenvalue weighted by Gasteiger charge is -2.25. The molecule has 0 spiro atoms. The maximum absolute atomic E-state index is 13.8. The van der Waals surface area contributed by atoms with E-state index in [1.165, 1.54) is 15.9 Å². The Morgan fingerprint density at radius 1 is 1.15 bits per heavy atom. The molecule has 2 aromatic heterocycles. The zero-order valence-electron chi connectivity index (χ0n) is 18.6. The van der Waals surface area contributed by atoms with Crippen molar-refractivity contribution in [3.63, 3.8) is 0 Å². The van der Waals surface area contributed by atoms with E-state index in [-0.39, 0.29) is 11.5 Å². The minimum absolute atomic E-state index is 0.00344. The fraction of sp³-hybridized carbons (Fsp3) is 0.192. The zero-order chi connectivity index (χ0) is 24.0. The minimum Gasteiger partial charge on any atom is -0.337 e. The summed E-state index contributed by atoms with van der Waals surface area (Å²) in [5, 5.41) is 0.861. The van der Waals surface area contributed by atoms with E-state index >= 15 is 0 Å². The molecule has 0 fully saturated rings. The summed E-state index contributed by atoms with van der Waals surface area (Å²) in [5.74, 6) is -0.00344. The highest BCUT2D eigenvalue weighted by Gasteiger charge is 2.27. The highest BCUT2D eigenvalue weighted by molar-refractivity contribution is 7.18. The Balaban J connectivity index is 1.79. The molecule has 1 amide bonds. The SMILES string of the molecule is C=Cc1ccc(Cn2c(=O)n(-c3ccccc3Cl)c(=O)c3c4c(sc32)CN(C(C)=O)CC4)cc1. The van der Waals surface area contributed by atoms with Crippen LogP contribution >= 0.6 is 22.9 Å². The molecule has 0 atom stereocenters. The number of carbonyl (C=O) groups is 1. The molecule has 1 aliphatic rings. The molecule has 4 aromatic rings. The Morgan fingerprint density at radius 3 is 2.56 bits per heavy atom. The average molecular weight is 492 g/mol. The molecule has 5 rings (SSSR count). The highest BCUT2D eigenvalue weighted by atomic mass is 35.5. The van der Waals surface area contributed by atoms with Crippen LogP contribution in [0.5, 0.6) is 0 Å². The van der Waals surface area contributed by atoms with Crippen LogP contribution in [0.3, 0.4) is 0 Å². The monoisotopic (exact) mass is 491 g/mol. The lowest BCUT2D eigenvalue weighted by molar-refractivity contribution is -0.129. The third-order valence-electron chi connectivity index (χ3n) is 6.22. The number of halogens is 1. The Hall–Kier alpha value is -3.42. The number of aromatic nitrogens is 2. The fourth-order valence-corrected chi connectivity index (χ4v) is 5.97. The van der Waals surface area contributed by atoms with Gasteiger partial charge in [0.2, 0.25) is 5.91 Å². The second kappa shape index (κ2) is 8.74. The van der Waals surface area contributed by atoms with Crippen molar-refractivity contribution in [1.29, 1.82) is 0 Å². The van der Waals surface area contributed by atoms with Crippen LogP contribution in [0.25, 0.3) is 22.0 Å². The number of rotatable bonds is 4. The van der Waals surface area contributed by atoms with Crippen molar-refractivity contribution >= 4 is 45.1 Å². The summed E-state index contributed by atoms with van der Waals surface area (Å²) in [6, 6.07) is 14.6. The number of thiophene rings is 1. The van der Waals surface area contributed by atoms with Crippen LogP contribution in [0.2, 0.25) is 5.02 Å². The van der Waals surface area contributed by atoms with Gasteiger partial charge in [0.15, 0.2) is 0 Å². The third-order valence-corrected chi connectivity index (χ3v) is 7.78. The molecule has 0 saturated carbocycles. The zero-order valence-corrected chi connectivity index (χ0v) is 20.2. The van der Waals surface area contributed by atoms with Crippen LogP contribution in [0.1, 0.15) is 28.5 Å². The molecule has 3 heterocycles. The first-order valence-electron chi connectivity index (χ1n) is 10.9. The van der Waals surface area contributed by atoms with Gasteiger partial charge in [0, 0.05) is 18.3 Å². The minimum atomic E-state index is -0.444. The van der Waals surface area contributed by atoms with Crippen LogP contribution in [0.15, 0.2) is 64.7 Å². The van der Waals surface area contributed by atoms with Crippen molar-refractivity contribution in [2.24, 2.45) is 0 Å². The van der Waals surface area contributed by atoms with Gasteiger partial charge in [-0.1, -0.05) is 60.7 Å². The van der Waals surface area contributed by atoms with E-state index in [1.54, 1.807) is 46.7 Å². The second-order valence-electron chi connectivity index (χ2n) is 8.28. The first kappa shape index (κ1) is 22.4. The molecule has 0 aliphatic carbocycles. The normalized spacial score (nSPS) is 13.2. The summed E-state index contributed by atoms with van der Waals surface area (Å²) < 4.78 is 2.82. The van der Waals surface area contributed by atoms with Crippen molar-refractivity contribution in [1.82, 2.24) is 14.0 Å². The first-order valence-corrected chi connectivity index (χ1v) is 12.1. The third kappa shape index (κ3) is 3.71. The van der Waals surface area contributed by atoms with Crippen molar-refractivity contribution in [3.8, 4) is 5.69 Å². The van der Waals surface area contributed by atoms with Gasteiger partial charge in [0.1, 0.15) is 4.83 Å². The molecule has 0 unspecified atom stereocenters. The number of fused-ring (bicyclic) bond motifs is 3. The molecule has 0 bridgehead atoms. The predicted molar refractivity (Wildman–Crippen MR) is 137 cm³/mol. The van der Waals surface area contributed by atoms with Crippen LogP contribution in [-0.4, -0.2) is 26.5 Å². The van der Waals surface area contributed by atoms with Crippen LogP contribution in [0.4, 0.5) is 0 Å². The van der Waals surface area contributed by atoms with E-state index < -0.39 is 5.69 Å². The average Bonchev–Trinajstić information content (AvgIpc) is 3.22. The molecular formula is C26H22ClN3O3S. The van der Waals surface area contributed by atoms with Crippen molar-refractivity contribution in [3.05, 3.63) is 103 Å². The van der Waals surface area contributed by atoms with Crippen molar-refractivity contribution in [2.75, 3.05) is 6.54 Å². The van der Waals surface area contributed by atoms with Crippen LogP contribution < -0.4 is 11.2 Å². The van der Waals surface area contributed by atoms with E-state index in [1.807, 2.05) is 24.3 Å². The van der Waals surface area contributed by atoms with E-state index in [2.05, 4.69) is 6.58 Å². The van der Waals surface area contributed by atoms with E-state index in [9.17, 15) is 14.4 Å². The lowest BCUT2D eigenvalue weighted by atomic mass is 10.1. The molecule has 172 valence electrons. The summed E-state index contributed by atoms with van der Waals surface area (Å²) in [4.78, 5) is 42.8. The van der Waals surface area contributed by atoms with Crippen LogP contribution in [0, 0.1) is 0 Å². The Labute approximate surface area is 204 Å². The second-order valence-corrected chi connectivity index (χ2v) is 9.77. The van der Waals surface area contributed by atoms with E-state index in [0.717, 1.165) is 21.6 Å². The number of nitrogens with zero attached hydrogens (tertiary/aromatic N) is 3. The number of benzene rings is 2. The Bertz CT molecular complexity index is 1560. The molecule has 6 nitrogen and oxygen atoms in total. The van der Waals surface area contributed by atoms with Gasteiger partial charge in [-0.2, -0.15) is 0 Å². The van der Waals surface area contributed by atoms with Crippen molar-refractivity contribution in [2.45, 2.75) is 26.4 Å². The van der Waals surface area contributed by atoms with Gasteiger partial charge in [0.05, 0.1) is 29.2 Å². The van der Waals surface area contributed by atoms with Gasteiger partial charge < -0.3 is 4.90 Å². The summed E-state index contributed by atoms with van der Waals surface area (Å²) >= 11 is 7.83. The molecule has 2 aromatic carbocycles. The van der Waals surface area contributed by atoms with E-state index in [4.69, 9.17) is 11.6 Å². The maximum Gasteiger partial charge on any atom is 0.337 e. The molecule has 34 heavy (non-hydrogen) atoms. The van der Waals surface area contributed by atoms with Gasteiger partial charge in [-0.05, 0) is 35.2 Å². The van der Waals surface area contributed by atoms with Gasteiger partial charge in [0.25, 0.3) is 5.56 Å². The van der Waals surface area contributed by atoms with E-state index in [0.29, 0.717) is 47.0 Å². The number of carbonyl (C=O) groups excluding carboxylic acids is 1. The first-order chi connectivity index (χ1) is 16.4. The highest BCUT2D eigenvalue weighted by Crippen LogP contribution is 2.33. The quantitative estimate of drug-likeness (QED) is 0.423. The molecule has 8 heteroatoms. The van der Waals surface area contributed by atoms with Gasteiger partial charge in [-0.3, -0.25) is 14.2 Å². The van der Waals surface area contributed by atoms with Gasteiger partial charge in [-0.15, -0.1) is 11.3 Å². The summed E-state index contributed by atoms with van der Waals surface area (Å²) in [5.41, 5.74) is 2.37. The number of para-hydroxylation sites is 1. The molecule has 0 N–H and O–H groups in total. The molecule has 0 saturated heterocycles. The molecular weight excluding hydrogens is 470 g/mol. The maximum atomic E-state index is 13.8. The van der Waals surface area contributed by atoms with Gasteiger partial charge in [-0.25, -0.2) is 9.36 Å². The van der Waals surface area contributed by atoms with Gasteiger partial charge >= 0.3 is 5.69 Å².